The Balaban J connectivity index is 1.70. The van der Waals surface area contributed by atoms with Crippen LogP contribution in [0.4, 0.5) is 24.7 Å². The summed E-state index contributed by atoms with van der Waals surface area (Å²) in [5.74, 6) is -0.355. The number of halogens is 6. The van der Waals surface area contributed by atoms with Crippen LogP contribution in [0.15, 0.2) is 42.5 Å². The molecule has 1 aliphatic rings. The second-order valence-electron chi connectivity index (χ2n) is 7.27. The van der Waals surface area contributed by atoms with Gasteiger partial charge in [0.05, 0.1) is 28.9 Å². The van der Waals surface area contributed by atoms with E-state index in [0.717, 1.165) is 0 Å². The van der Waals surface area contributed by atoms with E-state index in [4.69, 9.17) is 39.5 Å². The van der Waals surface area contributed by atoms with Gasteiger partial charge in [-0.05, 0) is 29.8 Å². The molecule has 0 spiro atoms. The Labute approximate surface area is 201 Å². The van der Waals surface area contributed by atoms with E-state index in [2.05, 4.69) is 15.7 Å². The molecule has 33 heavy (non-hydrogen) atoms. The first-order valence-electron chi connectivity index (χ1n) is 9.60. The van der Waals surface area contributed by atoms with Crippen molar-refractivity contribution in [3.63, 3.8) is 0 Å². The number of amides is 1. The average Bonchev–Trinajstić information content (AvgIpc) is 3.12. The summed E-state index contributed by atoms with van der Waals surface area (Å²) in [6, 6.07) is 8.51. The molecular formula is C21H16Cl3F3N4O2. The molecule has 1 aromatic heterocycles. The maximum atomic E-state index is 13.9. The molecule has 0 unspecified atom stereocenters. The molecule has 1 amide bonds. The molecule has 2 aromatic carbocycles. The molecule has 6 nitrogen and oxygen atoms in total. The number of aromatic nitrogens is 2. The number of methoxy groups -OCH3 is 1. The molecule has 174 valence electrons. The number of rotatable bonds is 4. The summed E-state index contributed by atoms with van der Waals surface area (Å²) < 4.78 is 47.6. The van der Waals surface area contributed by atoms with Gasteiger partial charge in [0.15, 0.2) is 11.7 Å². The third-order valence-corrected chi connectivity index (χ3v) is 6.41. The van der Waals surface area contributed by atoms with Crippen LogP contribution in [0, 0.1) is 0 Å². The number of ether oxygens (including phenoxy) is 1. The lowest BCUT2D eigenvalue weighted by Gasteiger charge is -2.33. The van der Waals surface area contributed by atoms with Gasteiger partial charge in [-0.3, -0.25) is 4.79 Å². The van der Waals surface area contributed by atoms with Gasteiger partial charge in [-0.25, -0.2) is 4.68 Å². The fourth-order valence-corrected chi connectivity index (χ4v) is 4.18. The van der Waals surface area contributed by atoms with Crippen LogP contribution >= 0.6 is 34.8 Å². The lowest BCUT2D eigenvalue weighted by Crippen LogP contribution is -2.35. The van der Waals surface area contributed by atoms with Gasteiger partial charge in [-0.1, -0.05) is 53.0 Å². The van der Waals surface area contributed by atoms with E-state index in [-0.39, 0.29) is 38.7 Å². The van der Waals surface area contributed by atoms with E-state index in [0.29, 0.717) is 16.0 Å². The molecule has 1 aliphatic heterocycles. The van der Waals surface area contributed by atoms with E-state index >= 15 is 0 Å². The highest BCUT2D eigenvalue weighted by Crippen LogP contribution is 2.46. The number of alkyl halides is 3. The maximum absolute atomic E-state index is 13.9. The average molecular weight is 520 g/mol. The van der Waals surface area contributed by atoms with Gasteiger partial charge in [0, 0.05) is 6.42 Å². The van der Waals surface area contributed by atoms with Crippen LogP contribution in [0.2, 0.25) is 15.1 Å². The Morgan fingerprint density at radius 3 is 2.48 bits per heavy atom. The summed E-state index contributed by atoms with van der Waals surface area (Å²) in [5.41, 5.74) is 0.401. The number of nitrogens with zero attached hydrogens (tertiary/aromatic N) is 2. The summed E-state index contributed by atoms with van der Waals surface area (Å²) >= 11 is 18.4. The number of hydrogen-bond acceptors (Lipinski definition) is 4. The van der Waals surface area contributed by atoms with Gasteiger partial charge >= 0.3 is 6.18 Å². The van der Waals surface area contributed by atoms with Crippen LogP contribution in [0.25, 0.3) is 0 Å². The fraction of sp³-hybridized carbons (Fsp3) is 0.238. The van der Waals surface area contributed by atoms with Crippen molar-refractivity contribution < 1.29 is 22.7 Å². The fourth-order valence-electron chi connectivity index (χ4n) is 3.57. The third kappa shape index (κ3) is 4.58. The smallest absolute Gasteiger partial charge is 0.410 e. The first kappa shape index (κ1) is 23.5. The van der Waals surface area contributed by atoms with Gasteiger partial charge < -0.3 is 15.4 Å². The van der Waals surface area contributed by atoms with E-state index in [1.807, 2.05) is 0 Å². The van der Waals surface area contributed by atoms with Gasteiger partial charge in [-0.15, -0.1) is 0 Å². The van der Waals surface area contributed by atoms with Crippen LogP contribution in [-0.4, -0.2) is 29.0 Å². The Kier molecular flexibility index (Phi) is 6.39. The summed E-state index contributed by atoms with van der Waals surface area (Å²) in [5, 5.41) is 9.41. The molecule has 0 bridgehead atoms. The van der Waals surface area contributed by atoms with Crippen LogP contribution < -0.4 is 15.4 Å². The Morgan fingerprint density at radius 2 is 1.85 bits per heavy atom. The number of hydrogen-bond donors (Lipinski definition) is 2. The van der Waals surface area contributed by atoms with Gasteiger partial charge in [-0.2, -0.15) is 18.3 Å². The van der Waals surface area contributed by atoms with Crippen LogP contribution in [-0.2, 0) is 0 Å². The zero-order valence-corrected chi connectivity index (χ0v) is 19.1. The second kappa shape index (κ2) is 8.96. The van der Waals surface area contributed by atoms with Crippen molar-refractivity contribution in [1.82, 2.24) is 9.78 Å². The molecule has 0 saturated heterocycles. The SMILES string of the molecule is COc1ccc([C@@H]2C[C@@H](C(F)(F)F)n3nc(C(=O)Nc4cccc(Cl)c4Cl)c(Cl)c3N2)cc1. The number of carbonyl (C=O) groups is 1. The number of fused-ring (bicyclic) bond motifs is 1. The molecule has 0 aliphatic carbocycles. The predicted octanol–water partition coefficient (Wildman–Crippen LogP) is 6.76. The summed E-state index contributed by atoms with van der Waals surface area (Å²) in [6.45, 7) is 0. The van der Waals surface area contributed by atoms with E-state index < -0.39 is 24.2 Å². The van der Waals surface area contributed by atoms with Gasteiger partial charge in [0.2, 0.25) is 0 Å². The van der Waals surface area contributed by atoms with E-state index in [1.54, 1.807) is 30.3 Å². The van der Waals surface area contributed by atoms with Crippen molar-refractivity contribution in [2.45, 2.75) is 24.7 Å². The van der Waals surface area contributed by atoms with Crippen molar-refractivity contribution in [2.24, 2.45) is 0 Å². The minimum atomic E-state index is -4.62. The monoisotopic (exact) mass is 518 g/mol. The molecule has 0 radical (unpaired) electrons. The zero-order valence-electron chi connectivity index (χ0n) is 16.9. The molecule has 2 atom stereocenters. The van der Waals surface area contributed by atoms with Crippen molar-refractivity contribution in [3.05, 3.63) is 68.8 Å². The Morgan fingerprint density at radius 1 is 1.15 bits per heavy atom. The molecule has 3 aromatic rings. The number of carbonyl (C=O) groups excluding carboxylic acids is 1. The molecule has 12 heteroatoms. The quantitative estimate of drug-likeness (QED) is 0.399. The number of nitrogens with one attached hydrogen (secondary N) is 2. The maximum Gasteiger partial charge on any atom is 0.410 e. The summed E-state index contributed by atoms with van der Waals surface area (Å²) in [7, 11) is 1.50. The van der Waals surface area contributed by atoms with Crippen molar-refractivity contribution in [2.75, 3.05) is 17.7 Å². The van der Waals surface area contributed by atoms with Crippen LogP contribution in [0.3, 0.4) is 0 Å². The zero-order chi connectivity index (χ0) is 23.9. The summed E-state index contributed by atoms with van der Waals surface area (Å²) in [4.78, 5) is 12.8. The minimum absolute atomic E-state index is 0.0819. The van der Waals surface area contributed by atoms with Crippen LogP contribution in [0.5, 0.6) is 5.75 Å². The van der Waals surface area contributed by atoms with Crippen molar-refractivity contribution in [3.8, 4) is 5.75 Å². The van der Waals surface area contributed by atoms with Gasteiger partial charge in [0.25, 0.3) is 5.91 Å². The van der Waals surface area contributed by atoms with E-state index in [9.17, 15) is 18.0 Å². The largest absolute Gasteiger partial charge is 0.497 e. The highest BCUT2D eigenvalue weighted by Gasteiger charge is 2.47. The summed E-state index contributed by atoms with van der Waals surface area (Å²) in [6.07, 6.45) is -4.97. The van der Waals surface area contributed by atoms with Crippen molar-refractivity contribution in [1.29, 1.82) is 0 Å². The molecular weight excluding hydrogens is 504 g/mol. The third-order valence-electron chi connectivity index (χ3n) is 5.23. The predicted molar refractivity (Wildman–Crippen MR) is 121 cm³/mol. The van der Waals surface area contributed by atoms with E-state index in [1.165, 1.54) is 19.2 Å². The molecule has 2 N–H and O–H groups in total. The van der Waals surface area contributed by atoms with Crippen molar-refractivity contribution >= 4 is 52.2 Å². The minimum Gasteiger partial charge on any atom is -0.497 e. The van der Waals surface area contributed by atoms with Gasteiger partial charge in [0.1, 0.15) is 16.6 Å². The Bertz CT molecular complexity index is 1200. The highest BCUT2D eigenvalue weighted by molar-refractivity contribution is 6.44. The lowest BCUT2D eigenvalue weighted by atomic mass is 9.97. The number of benzene rings is 2. The molecule has 0 fully saturated rings. The molecule has 2 heterocycles. The first-order valence-corrected chi connectivity index (χ1v) is 10.7. The topological polar surface area (TPSA) is 68.2 Å². The molecule has 0 saturated carbocycles. The standard InChI is InChI=1S/C21H16Cl3F3N4O2/c1-33-11-7-5-10(6-8-11)14-9-15(21(25,26)27)31-19(28-14)17(24)18(30-31)20(32)29-13-4-2-3-12(22)16(13)23/h2-8,14-15,28H,9H2,1H3,(H,29,32)/t14-,15-/m0/s1. The molecule has 4 rings (SSSR count). The normalized spacial score (nSPS) is 17.8. The van der Waals surface area contributed by atoms with Crippen LogP contribution in [0.1, 0.15) is 34.6 Å². The number of anilines is 2. The second-order valence-corrected chi connectivity index (χ2v) is 8.44. The lowest BCUT2D eigenvalue weighted by molar-refractivity contribution is -0.173. The highest BCUT2D eigenvalue weighted by atomic mass is 35.5. The Hall–Kier alpha value is -2.62. The first-order chi connectivity index (χ1) is 15.6.